The lowest BCUT2D eigenvalue weighted by Gasteiger charge is -2.36. The molecule has 0 fully saturated rings. The van der Waals surface area contributed by atoms with E-state index in [0.717, 1.165) is 39.3 Å². The van der Waals surface area contributed by atoms with Crippen LogP contribution in [0.1, 0.15) is 33.1 Å². The largest absolute Gasteiger partial charge is 0.457 e. The summed E-state index contributed by atoms with van der Waals surface area (Å²) in [6, 6.07) is 44.7. The average molecular weight is 544 g/mol. The fourth-order valence-corrected chi connectivity index (χ4v) is 6.52. The first-order chi connectivity index (χ1) is 19.7. The minimum absolute atomic E-state index is 0.0119. The number of esters is 1. The summed E-state index contributed by atoms with van der Waals surface area (Å²) in [6.45, 7) is 0. The van der Waals surface area contributed by atoms with Crippen LogP contribution < -0.4 is 10.5 Å². The number of hydrogen-bond donors (Lipinski definition) is 1. The summed E-state index contributed by atoms with van der Waals surface area (Å²) in [5, 5.41) is -0.0119. The molecule has 198 valence electrons. The maximum Gasteiger partial charge on any atom is 0.325 e. The average Bonchev–Trinajstić information content (AvgIpc) is 3.03. The molecule has 0 saturated carbocycles. The Labute approximate surface area is 238 Å². The van der Waals surface area contributed by atoms with E-state index in [0.29, 0.717) is 5.75 Å². The van der Waals surface area contributed by atoms with Crippen molar-refractivity contribution in [3.8, 4) is 11.5 Å². The van der Waals surface area contributed by atoms with Gasteiger partial charge in [0.15, 0.2) is 5.60 Å². The van der Waals surface area contributed by atoms with Crippen LogP contribution >= 0.6 is 11.8 Å². The van der Waals surface area contributed by atoms with Gasteiger partial charge < -0.3 is 15.2 Å². The van der Waals surface area contributed by atoms with Crippen molar-refractivity contribution in [3.05, 3.63) is 167 Å². The molecule has 1 aliphatic rings. The van der Waals surface area contributed by atoms with Crippen molar-refractivity contribution in [3.63, 3.8) is 0 Å². The maximum absolute atomic E-state index is 13.9. The zero-order chi connectivity index (χ0) is 27.4. The van der Waals surface area contributed by atoms with E-state index in [1.807, 2.05) is 127 Å². The fourth-order valence-electron chi connectivity index (χ4n) is 5.24. The van der Waals surface area contributed by atoms with Crippen LogP contribution in [0.25, 0.3) is 0 Å². The molecule has 0 aliphatic carbocycles. The SMILES string of the molecule is N[C@@H](CSC1c2ccccc2Oc2ccccc21)C(=O)OC(c1ccccc1)(c1ccccc1)c1ccccc1. The standard InChI is InChI=1S/C35H29NO3S/c36-30(24-40-33-28-20-10-12-22-31(28)38-32-23-13-11-21-29(32)33)34(37)39-35(25-14-4-1-5-15-25,26-16-6-2-7-17-26)27-18-8-3-9-19-27/h1-23,30,33H,24,36H2/t30-/m0/s1. The topological polar surface area (TPSA) is 61.5 Å². The number of hydrogen-bond acceptors (Lipinski definition) is 5. The molecule has 0 saturated heterocycles. The minimum Gasteiger partial charge on any atom is -0.457 e. The molecule has 0 amide bonds. The van der Waals surface area contributed by atoms with Gasteiger partial charge in [-0.3, -0.25) is 4.79 Å². The number of fused-ring (bicyclic) bond motifs is 2. The summed E-state index contributed by atoms with van der Waals surface area (Å²) >= 11 is 1.63. The van der Waals surface area contributed by atoms with Crippen LogP contribution in [0.4, 0.5) is 0 Å². The van der Waals surface area contributed by atoms with E-state index in [2.05, 4.69) is 12.1 Å². The molecule has 0 unspecified atom stereocenters. The van der Waals surface area contributed by atoms with Crippen LogP contribution in [0.3, 0.4) is 0 Å². The molecule has 40 heavy (non-hydrogen) atoms. The van der Waals surface area contributed by atoms with Crippen molar-refractivity contribution in [2.24, 2.45) is 5.73 Å². The third-order valence-electron chi connectivity index (χ3n) is 7.16. The molecule has 5 aromatic rings. The second kappa shape index (κ2) is 11.4. The fraction of sp³-hybridized carbons (Fsp3) is 0.114. The summed E-state index contributed by atoms with van der Waals surface area (Å²) in [4.78, 5) is 13.9. The number of thioether (sulfide) groups is 1. The van der Waals surface area contributed by atoms with E-state index in [9.17, 15) is 4.79 Å². The van der Waals surface area contributed by atoms with E-state index in [1.165, 1.54) is 0 Å². The number of rotatable bonds is 8. The second-order valence-electron chi connectivity index (χ2n) is 9.70. The number of para-hydroxylation sites is 2. The number of carbonyl (C=O) groups excluding carboxylic acids is 1. The summed E-state index contributed by atoms with van der Waals surface area (Å²) in [7, 11) is 0. The molecule has 5 aromatic carbocycles. The van der Waals surface area contributed by atoms with Crippen LogP contribution in [-0.2, 0) is 15.1 Å². The number of nitrogens with two attached hydrogens (primary N) is 1. The molecule has 4 nitrogen and oxygen atoms in total. The van der Waals surface area contributed by atoms with E-state index in [-0.39, 0.29) is 5.25 Å². The third kappa shape index (κ3) is 4.90. The molecule has 1 heterocycles. The highest BCUT2D eigenvalue weighted by Crippen LogP contribution is 2.49. The van der Waals surface area contributed by atoms with E-state index in [4.69, 9.17) is 15.2 Å². The van der Waals surface area contributed by atoms with Crippen LogP contribution in [0, 0.1) is 0 Å². The smallest absolute Gasteiger partial charge is 0.325 e. The summed E-state index contributed by atoms with van der Waals surface area (Å²) in [6.07, 6.45) is 0. The molecular formula is C35H29NO3S. The Bertz CT molecular complexity index is 1450. The molecule has 1 aliphatic heterocycles. The number of carbonyl (C=O) groups is 1. The number of ether oxygens (including phenoxy) is 2. The Balaban J connectivity index is 1.32. The molecule has 1 atom stereocenters. The van der Waals surface area contributed by atoms with Gasteiger partial charge in [0, 0.05) is 33.6 Å². The van der Waals surface area contributed by atoms with Gasteiger partial charge in [-0.05, 0) is 12.1 Å². The van der Waals surface area contributed by atoms with Crippen molar-refractivity contribution >= 4 is 17.7 Å². The normalized spacial score (nSPS) is 13.4. The van der Waals surface area contributed by atoms with Gasteiger partial charge in [-0.1, -0.05) is 127 Å². The molecule has 6 rings (SSSR count). The molecule has 0 spiro atoms. The van der Waals surface area contributed by atoms with E-state index in [1.54, 1.807) is 11.8 Å². The highest BCUT2D eigenvalue weighted by atomic mass is 32.2. The van der Waals surface area contributed by atoms with Crippen molar-refractivity contribution in [2.75, 3.05) is 5.75 Å². The highest BCUT2D eigenvalue weighted by Gasteiger charge is 2.41. The van der Waals surface area contributed by atoms with Gasteiger partial charge in [0.2, 0.25) is 0 Å². The first-order valence-electron chi connectivity index (χ1n) is 13.3. The Morgan fingerprint density at radius 1 is 0.675 bits per heavy atom. The lowest BCUT2D eigenvalue weighted by molar-refractivity contribution is -0.154. The maximum atomic E-state index is 13.9. The predicted octanol–water partition coefficient (Wildman–Crippen LogP) is 7.48. The molecule has 0 aromatic heterocycles. The van der Waals surface area contributed by atoms with Crippen LogP contribution in [0.5, 0.6) is 11.5 Å². The van der Waals surface area contributed by atoms with E-state index >= 15 is 0 Å². The predicted molar refractivity (Wildman–Crippen MR) is 161 cm³/mol. The van der Waals surface area contributed by atoms with Gasteiger partial charge in [-0.15, -0.1) is 11.8 Å². The van der Waals surface area contributed by atoms with Crippen LogP contribution in [0.2, 0.25) is 0 Å². The Morgan fingerprint density at radius 3 is 1.52 bits per heavy atom. The quantitative estimate of drug-likeness (QED) is 0.162. The molecular weight excluding hydrogens is 514 g/mol. The zero-order valence-corrected chi connectivity index (χ0v) is 22.7. The molecule has 0 radical (unpaired) electrons. The third-order valence-corrected chi connectivity index (χ3v) is 8.56. The second-order valence-corrected chi connectivity index (χ2v) is 10.8. The van der Waals surface area contributed by atoms with Gasteiger partial charge in [0.25, 0.3) is 0 Å². The zero-order valence-electron chi connectivity index (χ0n) is 21.9. The summed E-state index contributed by atoms with van der Waals surface area (Å²) < 4.78 is 12.7. The van der Waals surface area contributed by atoms with Gasteiger partial charge in [0.1, 0.15) is 17.5 Å². The minimum atomic E-state index is -1.15. The molecule has 5 heteroatoms. The van der Waals surface area contributed by atoms with Gasteiger partial charge in [-0.2, -0.15) is 0 Å². The molecule has 0 bridgehead atoms. The monoisotopic (exact) mass is 543 g/mol. The van der Waals surface area contributed by atoms with Crippen molar-refractivity contribution < 1.29 is 14.3 Å². The van der Waals surface area contributed by atoms with Gasteiger partial charge >= 0.3 is 5.97 Å². The Hall–Kier alpha value is -4.32. The highest BCUT2D eigenvalue weighted by molar-refractivity contribution is 7.99. The van der Waals surface area contributed by atoms with Gasteiger partial charge in [0.05, 0.1) is 5.25 Å². The first-order valence-corrected chi connectivity index (χ1v) is 14.3. The summed E-state index contributed by atoms with van der Waals surface area (Å²) in [5.74, 6) is 1.57. The van der Waals surface area contributed by atoms with Crippen LogP contribution in [-0.4, -0.2) is 17.8 Å². The van der Waals surface area contributed by atoms with Crippen molar-refractivity contribution in [1.29, 1.82) is 0 Å². The van der Waals surface area contributed by atoms with Gasteiger partial charge in [-0.25, -0.2) is 0 Å². The lowest BCUT2D eigenvalue weighted by Crippen LogP contribution is -2.43. The van der Waals surface area contributed by atoms with Crippen molar-refractivity contribution in [2.45, 2.75) is 16.9 Å². The van der Waals surface area contributed by atoms with Crippen LogP contribution in [0.15, 0.2) is 140 Å². The Morgan fingerprint density at radius 2 is 1.07 bits per heavy atom. The number of benzene rings is 5. The summed E-state index contributed by atoms with van der Waals surface area (Å²) in [5.41, 5.74) is 10.1. The van der Waals surface area contributed by atoms with E-state index < -0.39 is 17.6 Å². The Kier molecular flexibility index (Phi) is 7.41. The first kappa shape index (κ1) is 25.9. The lowest BCUT2D eigenvalue weighted by atomic mass is 9.80. The van der Waals surface area contributed by atoms with Crippen molar-refractivity contribution in [1.82, 2.24) is 0 Å². The molecule has 2 N–H and O–H groups in total.